The zero-order valence-corrected chi connectivity index (χ0v) is 22.9. The lowest BCUT2D eigenvalue weighted by Crippen LogP contribution is -2.38. The van der Waals surface area contributed by atoms with Crippen molar-refractivity contribution in [3.8, 4) is 23.0 Å². The second-order valence-electron chi connectivity index (χ2n) is 8.69. The number of hydrogen-bond donors (Lipinski definition) is 1. The molecule has 2 heterocycles. The summed E-state index contributed by atoms with van der Waals surface area (Å²) in [5.41, 5.74) is 8.89. The van der Waals surface area contributed by atoms with E-state index in [1.807, 2.05) is 0 Å². The van der Waals surface area contributed by atoms with Gasteiger partial charge in [-0.3, -0.25) is 0 Å². The molecule has 0 fully saturated rings. The molecule has 11 nitrogen and oxygen atoms in total. The maximum atomic E-state index is 13.7. The minimum atomic E-state index is -1.97. The second kappa shape index (κ2) is 10.7. The molecule has 1 atom stereocenters. The van der Waals surface area contributed by atoms with Crippen LogP contribution in [0, 0.1) is 0 Å². The predicted octanol–water partition coefficient (Wildman–Crippen LogP) is 4.23. The third-order valence-corrected chi connectivity index (χ3v) is 7.06. The Kier molecular flexibility index (Phi) is 7.18. The van der Waals surface area contributed by atoms with Gasteiger partial charge in [-0.1, -0.05) is 6.07 Å². The summed E-state index contributed by atoms with van der Waals surface area (Å²) in [4.78, 5) is 26.0. The lowest BCUT2D eigenvalue weighted by Gasteiger charge is -2.30. The topological polar surface area (TPSA) is 141 Å². The van der Waals surface area contributed by atoms with Gasteiger partial charge in [0.25, 0.3) is 0 Å². The Hall–Kier alpha value is -4.84. The van der Waals surface area contributed by atoms with Crippen LogP contribution in [-0.4, -0.2) is 49.2 Å². The Bertz CT molecular complexity index is 1610. The van der Waals surface area contributed by atoms with E-state index in [2.05, 4.69) is 8.75 Å². The molecule has 12 heteroatoms. The highest BCUT2D eigenvalue weighted by atomic mass is 32.1. The van der Waals surface area contributed by atoms with Gasteiger partial charge in [-0.25, -0.2) is 9.59 Å². The molecule has 2 N–H and O–H groups in total. The van der Waals surface area contributed by atoms with Crippen LogP contribution in [0.15, 0.2) is 60.2 Å². The molecule has 4 aromatic rings. The molecule has 1 aromatic heterocycles. The number of amides is 1. The van der Waals surface area contributed by atoms with Gasteiger partial charge in [-0.2, -0.15) is 8.75 Å². The molecule has 1 aliphatic heterocycles. The summed E-state index contributed by atoms with van der Waals surface area (Å²) in [5.74, 6) is -0.908. The zero-order valence-electron chi connectivity index (χ0n) is 22.0. The number of hydrogen-bond acceptors (Lipinski definition) is 11. The van der Waals surface area contributed by atoms with Crippen molar-refractivity contribution in [2.24, 2.45) is 5.73 Å². The molecule has 1 unspecified atom stereocenters. The third kappa shape index (κ3) is 4.62. The van der Waals surface area contributed by atoms with Crippen LogP contribution in [-0.2, 0) is 26.5 Å². The van der Waals surface area contributed by atoms with Gasteiger partial charge in [0, 0.05) is 17.6 Å². The van der Waals surface area contributed by atoms with Gasteiger partial charge in [0.1, 0.15) is 16.8 Å². The number of aromatic nitrogens is 2. The van der Waals surface area contributed by atoms with Crippen LogP contribution in [0.5, 0.6) is 23.0 Å². The number of methoxy groups -OCH3 is 4. The number of nitrogens with zero attached hydrogens (tertiary/aromatic N) is 2. The third-order valence-electron chi connectivity index (χ3n) is 6.50. The van der Waals surface area contributed by atoms with Gasteiger partial charge in [0.15, 0.2) is 11.5 Å². The maximum Gasteiger partial charge on any atom is 0.408 e. The molecule has 0 spiro atoms. The summed E-state index contributed by atoms with van der Waals surface area (Å²) in [6, 6.07) is 15.3. The van der Waals surface area contributed by atoms with Crippen molar-refractivity contribution < 1.29 is 38.0 Å². The van der Waals surface area contributed by atoms with E-state index in [9.17, 15) is 9.59 Å². The average molecular weight is 564 g/mol. The first-order chi connectivity index (χ1) is 19.3. The van der Waals surface area contributed by atoms with Crippen LogP contribution >= 0.6 is 11.7 Å². The number of esters is 1. The fraction of sp³-hybridized carbons (Fsp3) is 0.214. The summed E-state index contributed by atoms with van der Waals surface area (Å²) in [6.45, 7) is 0. The maximum absolute atomic E-state index is 13.7. The lowest BCUT2D eigenvalue weighted by molar-refractivity contribution is -0.184. The summed E-state index contributed by atoms with van der Waals surface area (Å²) in [7, 11) is 6.03. The molecule has 40 heavy (non-hydrogen) atoms. The van der Waals surface area contributed by atoms with E-state index in [1.165, 1.54) is 28.4 Å². The largest absolute Gasteiger partial charge is 0.497 e. The quantitative estimate of drug-likeness (QED) is 0.294. The SMILES string of the molecule is COc1ccc(C2(OC(N)=O)OC(=O)C(c3ccc4nsnc4c3)=C2Cc2cc(OC)c(OC)c(OC)c2)cc1. The highest BCUT2D eigenvalue weighted by Crippen LogP contribution is 2.49. The van der Waals surface area contributed by atoms with Crippen molar-refractivity contribution >= 4 is 40.4 Å². The smallest absolute Gasteiger partial charge is 0.408 e. The van der Waals surface area contributed by atoms with Crippen molar-refractivity contribution in [1.82, 2.24) is 8.75 Å². The molecule has 0 aliphatic carbocycles. The van der Waals surface area contributed by atoms with Crippen LogP contribution in [0.2, 0.25) is 0 Å². The predicted molar refractivity (Wildman–Crippen MR) is 146 cm³/mol. The fourth-order valence-electron chi connectivity index (χ4n) is 4.73. The van der Waals surface area contributed by atoms with Gasteiger partial charge >= 0.3 is 17.8 Å². The number of fused-ring (bicyclic) bond motifs is 1. The van der Waals surface area contributed by atoms with Gasteiger partial charge in [-0.15, -0.1) is 0 Å². The Morgan fingerprint density at radius 1 is 0.900 bits per heavy atom. The standard InChI is InChI=1S/C28H25N3O8S/c1-34-18-8-6-17(7-9-18)28(39-27(29)33)19(11-15-12-22(35-2)25(37-4)23(13-15)36-3)24(26(32)38-28)16-5-10-20-21(14-16)31-40-30-20/h5-10,12-14H,11H2,1-4H3,(H2,29,33). The van der Waals surface area contributed by atoms with E-state index in [4.69, 9.17) is 34.2 Å². The molecule has 5 rings (SSSR count). The van der Waals surface area contributed by atoms with Crippen molar-refractivity contribution in [1.29, 1.82) is 0 Å². The highest BCUT2D eigenvalue weighted by molar-refractivity contribution is 7.00. The average Bonchev–Trinajstić information content (AvgIpc) is 3.53. The molecule has 0 saturated carbocycles. The van der Waals surface area contributed by atoms with E-state index >= 15 is 0 Å². The normalized spacial score (nSPS) is 16.6. The first-order valence-corrected chi connectivity index (χ1v) is 12.7. The molecule has 0 bridgehead atoms. The van der Waals surface area contributed by atoms with Crippen LogP contribution < -0.4 is 24.7 Å². The Morgan fingerprint density at radius 3 is 2.17 bits per heavy atom. The first-order valence-electron chi connectivity index (χ1n) is 11.9. The van der Waals surface area contributed by atoms with E-state index in [-0.39, 0.29) is 12.0 Å². The van der Waals surface area contributed by atoms with Crippen LogP contribution in [0.1, 0.15) is 16.7 Å². The van der Waals surface area contributed by atoms with E-state index in [0.29, 0.717) is 56.3 Å². The number of carbonyl (C=O) groups excluding carboxylic acids is 2. The van der Waals surface area contributed by atoms with Crippen LogP contribution in [0.3, 0.4) is 0 Å². The summed E-state index contributed by atoms with van der Waals surface area (Å²) in [5, 5.41) is 0. The molecule has 3 aromatic carbocycles. The van der Waals surface area contributed by atoms with Crippen molar-refractivity contribution in [2.75, 3.05) is 28.4 Å². The van der Waals surface area contributed by atoms with E-state index in [0.717, 1.165) is 11.7 Å². The summed E-state index contributed by atoms with van der Waals surface area (Å²) in [6.07, 6.45) is -1.06. The van der Waals surface area contributed by atoms with Crippen LogP contribution in [0.4, 0.5) is 4.79 Å². The molecular formula is C28H25N3O8S. The number of benzene rings is 3. The van der Waals surface area contributed by atoms with Crippen molar-refractivity contribution in [3.05, 3.63) is 76.9 Å². The van der Waals surface area contributed by atoms with Gasteiger partial charge in [-0.05, 0) is 59.7 Å². The van der Waals surface area contributed by atoms with Gasteiger partial charge in [0.05, 0.1) is 45.7 Å². The molecule has 206 valence electrons. The summed E-state index contributed by atoms with van der Waals surface area (Å²) < 4.78 is 41.9. The van der Waals surface area contributed by atoms with Crippen molar-refractivity contribution in [3.63, 3.8) is 0 Å². The van der Waals surface area contributed by atoms with E-state index in [1.54, 1.807) is 54.6 Å². The zero-order chi connectivity index (χ0) is 28.4. The van der Waals surface area contributed by atoms with E-state index < -0.39 is 17.8 Å². The highest BCUT2D eigenvalue weighted by Gasteiger charge is 2.52. The van der Waals surface area contributed by atoms with Crippen molar-refractivity contribution in [2.45, 2.75) is 12.2 Å². The molecular weight excluding hydrogens is 538 g/mol. The Morgan fingerprint density at radius 2 is 1.57 bits per heavy atom. The number of carbonyl (C=O) groups is 2. The molecule has 0 radical (unpaired) electrons. The number of ether oxygens (including phenoxy) is 6. The number of primary amides is 1. The summed E-state index contributed by atoms with van der Waals surface area (Å²) >= 11 is 1.06. The van der Waals surface area contributed by atoms with Gasteiger partial charge < -0.3 is 34.2 Å². The number of cyclic esters (lactones) is 1. The van der Waals surface area contributed by atoms with Gasteiger partial charge in [0.2, 0.25) is 5.75 Å². The number of rotatable bonds is 9. The second-order valence-corrected chi connectivity index (χ2v) is 9.22. The lowest BCUT2D eigenvalue weighted by atomic mass is 9.87. The fourth-order valence-corrected chi connectivity index (χ4v) is 5.25. The molecule has 0 saturated heterocycles. The Labute approximate surface area is 233 Å². The monoisotopic (exact) mass is 563 g/mol. The number of nitrogens with two attached hydrogens (primary N) is 1. The Balaban J connectivity index is 1.77. The minimum Gasteiger partial charge on any atom is -0.497 e. The molecule has 1 amide bonds. The first kappa shape index (κ1) is 26.8. The molecule has 1 aliphatic rings. The minimum absolute atomic E-state index is 0.0739. The van der Waals surface area contributed by atoms with Crippen LogP contribution in [0.25, 0.3) is 16.6 Å².